The number of pyridine rings is 1. The van der Waals surface area contributed by atoms with Crippen LogP contribution in [0, 0.1) is 6.92 Å². The van der Waals surface area contributed by atoms with Gasteiger partial charge in [-0.3, -0.25) is 9.59 Å². The van der Waals surface area contributed by atoms with E-state index in [1.807, 2.05) is 36.1 Å². The number of piperidine rings is 1. The van der Waals surface area contributed by atoms with Crippen molar-refractivity contribution in [3.63, 3.8) is 0 Å². The standard InChI is InChI=1S/C29H29ClN4O4/c1-17-24(37-2)14-20(15-25(17)38-3)29(36)34-12-9-19(10-13-34)18-4-6-21(7-5-18)33-28(35)23-16-32-27-22(26(23)30)8-11-31-27/h4-8,11,14-16,19H,9-10,12-13H2,1-3H3,(H,31,32)(H,33,35). The molecule has 1 saturated heterocycles. The number of nitrogens with one attached hydrogen (secondary N) is 2. The predicted octanol–water partition coefficient (Wildman–Crippen LogP) is 5.81. The van der Waals surface area contributed by atoms with Crippen molar-refractivity contribution in [1.29, 1.82) is 0 Å². The van der Waals surface area contributed by atoms with Gasteiger partial charge in [0.1, 0.15) is 17.1 Å². The summed E-state index contributed by atoms with van der Waals surface area (Å²) in [4.78, 5) is 35.1. The Morgan fingerprint density at radius 3 is 2.34 bits per heavy atom. The molecule has 196 valence electrons. The first-order chi connectivity index (χ1) is 18.4. The number of rotatable bonds is 6. The molecule has 0 bridgehead atoms. The van der Waals surface area contributed by atoms with Crippen LogP contribution in [-0.4, -0.2) is 54.0 Å². The minimum atomic E-state index is -0.311. The average Bonchev–Trinajstić information content (AvgIpc) is 3.43. The highest BCUT2D eigenvalue weighted by Crippen LogP contribution is 2.33. The van der Waals surface area contributed by atoms with Gasteiger partial charge in [-0.2, -0.15) is 0 Å². The smallest absolute Gasteiger partial charge is 0.258 e. The normalized spacial score (nSPS) is 13.9. The van der Waals surface area contributed by atoms with E-state index < -0.39 is 0 Å². The van der Waals surface area contributed by atoms with Crippen LogP contribution in [0.4, 0.5) is 5.69 Å². The number of aromatic nitrogens is 2. The van der Waals surface area contributed by atoms with E-state index in [1.54, 1.807) is 38.6 Å². The summed E-state index contributed by atoms with van der Waals surface area (Å²) in [5, 5.41) is 3.98. The first-order valence-corrected chi connectivity index (χ1v) is 12.8. The van der Waals surface area contributed by atoms with E-state index in [1.165, 1.54) is 11.8 Å². The lowest BCUT2D eigenvalue weighted by Gasteiger charge is -2.32. The number of anilines is 1. The van der Waals surface area contributed by atoms with Crippen LogP contribution < -0.4 is 14.8 Å². The van der Waals surface area contributed by atoms with Crippen LogP contribution in [-0.2, 0) is 0 Å². The number of nitrogens with zero attached hydrogens (tertiary/aromatic N) is 2. The molecular weight excluding hydrogens is 504 g/mol. The Bertz CT molecular complexity index is 1470. The van der Waals surface area contributed by atoms with Crippen LogP contribution in [0.5, 0.6) is 11.5 Å². The number of H-pyrrole nitrogens is 1. The van der Waals surface area contributed by atoms with E-state index in [4.69, 9.17) is 21.1 Å². The molecule has 0 aliphatic carbocycles. The maximum Gasteiger partial charge on any atom is 0.258 e. The molecule has 5 rings (SSSR count). The lowest BCUT2D eigenvalue weighted by molar-refractivity contribution is 0.0712. The number of hydrogen-bond acceptors (Lipinski definition) is 5. The highest BCUT2D eigenvalue weighted by Gasteiger charge is 2.26. The third-order valence-corrected chi connectivity index (χ3v) is 7.59. The van der Waals surface area contributed by atoms with Gasteiger partial charge in [0, 0.05) is 47.7 Å². The predicted molar refractivity (Wildman–Crippen MR) is 148 cm³/mol. The number of carbonyl (C=O) groups excluding carboxylic acids is 2. The molecule has 0 radical (unpaired) electrons. The van der Waals surface area contributed by atoms with Crippen LogP contribution in [0.25, 0.3) is 11.0 Å². The Kier molecular flexibility index (Phi) is 7.24. The monoisotopic (exact) mass is 532 g/mol. The summed E-state index contributed by atoms with van der Waals surface area (Å²) in [6.07, 6.45) is 4.93. The number of ether oxygens (including phenoxy) is 2. The van der Waals surface area contributed by atoms with Crippen molar-refractivity contribution >= 4 is 40.1 Å². The Morgan fingerprint density at radius 2 is 1.71 bits per heavy atom. The van der Waals surface area contributed by atoms with Gasteiger partial charge < -0.3 is 24.7 Å². The number of amides is 2. The average molecular weight is 533 g/mol. The van der Waals surface area contributed by atoms with Crippen LogP contribution >= 0.6 is 11.6 Å². The molecule has 2 aromatic carbocycles. The molecule has 1 fully saturated rings. The molecule has 0 saturated carbocycles. The highest BCUT2D eigenvalue weighted by molar-refractivity contribution is 6.38. The van der Waals surface area contributed by atoms with Crippen LogP contribution in [0.3, 0.4) is 0 Å². The number of methoxy groups -OCH3 is 2. The van der Waals surface area contributed by atoms with Crippen molar-refractivity contribution in [3.05, 3.63) is 82.1 Å². The Hall–Kier alpha value is -4.04. The van der Waals surface area contributed by atoms with E-state index >= 15 is 0 Å². The number of fused-ring (bicyclic) bond motifs is 1. The van der Waals surface area contributed by atoms with Gasteiger partial charge >= 0.3 is 0 Å². The Labute approximate surface area is 225 Å². The summed E-state index contributed by atoms with van der Waals surface area (Å²) in [7, 11) is 3.18. The van der Waals surface area contributed by atoms with Crippen LogP contribution in [0.1, 0.15) is 50.6 Å². The fourth-order valence-corrected chi connectivity index (χ4v) is 5.27. The lowest BCUT2D eigenvalue weighted by atomic mass is 9.89. The molecule has 2 N–H and O–H groups in total. The number of carbonyl (C=O) groups is 2. The van der Waals surface area contributed by atoms with Gasteiger partial charge in [0.25, 0.3) is 11.8 Å². The third kappa shape index (κ3) is 4.91. The van der Waals surface area contributed by atoms with Crippen LogP contribution in [0.15, 0.2) is 54.9 Å². The first kappa shape index (κ1) is 25.6. The molecule has 38 heavy (non-hydrogen) atoms. The second-order valence-corrected chi connectivity index (χ2v) is 9.75. The second-order valence-electron chi connectivity index (χ2n) is 9.37. The van der Waals surface area contributed by atoms with Gasteiger partial charge in [-0.1, -0.05) is 23.7 Å². The quantitative estimate of drug-likeness (QED) is 0.326. The maximum atomic E-state index is 13.2. The summed E-state index contributed by atoms with van der Waals surface area (Å²) in [6.45, 7) is 3.23. The molecule has 2 amide bonds. The summed E-state index contributed by atoms with van der Waals surface area (Å²) in [5.74, 6) is 1.27. The van der Waals surface area contributed by atoms with E-state index in [-0.39, 0.29) is 11.8 Å². The van der Waals surface area contributed by atoms with Crippen molar-refractivity contribution in [2.45, 2.75) is 25.7 Å². The fraction of sp³-hybridized carbons (Fsp3) is 0.276. The molecule has 8 nitrogen and oxygen atoms in total. The largest absolute Gasteiger partial charge is 0.496 e. The molecule has 1 aliphatic heterocycles. The maximum absolute atomic E-state index is 13.2. The van der Waals surface area contributed by atoms with Crippen LogP contribution in [0.2, 0.25) is 5.02 Å². The summed E-state index contributed by atoms with van der Waals surface area (Å²) in [5.41, 5.74) is 4.26. The molecule has 0 unspecified atom stereocenters. The van der Waals surface area contributed by atoms with E-state index in [2.05, 4.69) is 15.3 Å². The zero-order chi connectivity index (χ0) is 26.8. The van der Waals surface area contributed by atoms with Gasteiger partial charge in [-0.05, 0) is 61.6 Å². The number of likely N-dealkylation sites (tertiary alicyclic amines) is 1. The molecule has 4 aromatic rings. The number of hydrogen-bond donors (Lipinski definition) is 2. The van der Waals surface area contributed by atoms with E-state index in [0.717, 1.165) is 18.4 Å². The number of benzene rings is 2. The van der Waals surface area contributed by atoms with Crippen molar-refractivity contribution < 1.29 is 19.1 Å². The first-order valence-electron chi connectivity index (χ1n) is 12.4. The van der Waals surface area contributed by atoms with Gasteiger partial charge in [-0.15, -0.1) is 0 Å². The summed E-state index contributed by atoms with van der Waals surface area (Å²) >= 11 is 6.42. The molecule has 0 atom stereocenters. The van der Waals surface area contributed by atoms with Gasteiger partial charge in [0.15, 0.2) is 0 Å². The van der Waals surface area contributed by atoms with Crippen molar-refractivity contribution in [3.8, 4) is 11.5 Å². The van der Waals surface area contributed by atoms with Gasteiger partial charge in [-0.25, -0.2) is 4.98 Å². The van der Waals surface area contributed by atoms with Crippen molar-refractivity contribution in [1.82, 2.24) is 14.9 Å². The van der Waals surface area contributed by atoms with E-state index in [0.29, 0.717) is 63.4 Å². The van der Waals surface area contributed by atoms with Crippen molar-refractivity contribution in [2.24, 2.45) is 0 Å². The minimum absolute atomic E-state index is 0.0240. The zero-order valence-corrected chi connectivity index (χ0v) is 22.3. The Morgan fingerprint density at radius 1 is 1.05 bits per heavy atom. The highest BCUT2D eigenvalue weighted by atomic mass is 35.5. The zero-order valence-electron chi connectivity index (χ0n) is 21.5. The number of aromatic amines is 1. The molecule has 3 heterocycles. The minimum Gasteiger partial charge on any atom is -0.496 e. The summed E-state index contributed by atoms with van der Waals surface area (Å²) in [6, 6.07) is 13.2. The number of halogens is 1. The molecule has 9 heteroatoms. The second kappa shape index (κ2) is 10.8. The third-order valence-electron chi connectivity index (χ3n) is 7.19. The summed E-state index contributed by atoms with van der Waals surface area (Å²) < 4.78 is 10.9. The SMILES string of the molecule is COc1cc(C(=O)N2CCC(c3ccc(NC(=O)c4cnc5[nH]ccc5c4Cl)cc3)CC2)cc(OC)c1C. The van der Waals surface area contributed by atoms with Crippen molar-refractivity contribution in [2.75, 3.05) is 32.6 Å². The lowest BCUT2D eigenvalue weighted by Crippen LogP contribution is -2.38. The Balaban J connectivity index is 1.21. The van der Waals surface area contributed by atoms with Gasteiger partial charge in [0.2, 0.25) is 0 Å². The topological polar surface area (TPSA) is 96.5 Å². The van der Waals surface area contributed by atoms with Gasteiger partial charge in [0.05, 0.1) is 24.8 Å². The van der Waals surface area contributed by atoms with E-state index in [9.17, 15) is 9.59 Å². The molecule has 2 aromatic heterocycles. The fourth-order valence-electron chi connectivity index (χ4n) is 4.98. The molecule has 1 aliphatic rings. The molecular formula is C29H29ClN4O4. The molecule has 0 spiro atoms.